The van der Waals surface area contributed by atoms with Gasteiger partial charge in [0.2, 0.25) is 0 Å². The highest BCUT2D eigenvalue weighted by atomic mass is 79.9. The zero-order chi connectivity index (χ0) is 12.7. The van der Waals surface area contributed by atoms with E-state index < -0.39 is 0 Å². The molecule has 1 aromatic rings. The SMILES string of the molecule is C=CCNCc1c(Br)ccc(OC)c1OCC. The van der Waals surface area contributed by atoms with Crippen LogP contribution in [0.3, 0.4) is 0 Å². The average molecular weight is 300 g/mol. The van der Waals surface area contributed by atoms with E-state index in [4.69, 9.17) is 9.47 Å². The lowest BCUT2D eigenvalue weighted by molar-refractivity contribution is 0.306. The Labute approximate surface area is 111 Å². The number of methoxy groups -OCH3 is 1. The van der Waals surface area contributed by atoms with Gasteiger partial charge in [0.1, 0.15) is 0 Å². The fourth-order valence-electron chi connectivity index (χ4n) is 1.51. The van der Waals surface area contributed by atoms with Crippen LogP contribution in [-0.2, 0) is 6.54 Å². The summed E-state index contributed by atoms with van der Waals surface area (Å²) in [6.45, 7) is 7.72. The lowest BCUT2D eigenvalue weighted by atomic mass is 10.2. The minimum absolute atomic E-state index is 0.612. The summed E-state index contributed by atoms with van der Waals surface area (Å²) in [5.74, 6) is 1.55. The first kappa shape index (κ1) is 14.1. The molecule has 0 spiro atoms. The van der Waals surface area contributed by atoms with Crippen molar-refractivity contribution in [3.8, 4) is 11.5 Å². The highest BCUT2D eigenvalue weighted by Gasteiger charge is 2.13. The maximum absolute atomic E-state index is 5.65. The fraction of sp³-hybridized carbons (Fsp3) is 0.385. The van der Waals surface area contributed by atoms with Crippen LogP contribution in [0.15, 0.2) is 29.3 Å². The maximum atomic E-state index is 5.65. The van der Waals surface area contributed by atoms with Crippen molar-refractivity contribution in [2.24, 2.45) is 0 Å². The molecule has 1 N–H and O–H groups in total. The van der Waals surface area contributed by atoms with Crippen molar-refractivity contribution in [2.45, 2.75) is 13.5 Å². The third-order valence-electron chi connectivity index (χ3n) is 2.27. The summed E-state index contributed by atoms with van der Waals surface area (Å²) in [7, 11) is 1.65. The molecule has 4 heteroatoms. The molecule has 1 aromatic carbocycles. The van der Waals surface area contributed by atoms with Crippen molar-refractivity contribution in [2.75, 3.05) is 20.3 Å². The van der Waals surface area contributed by atoms with Gasteiger partial charge in [-0.05, 0) is 19.1 Å². The van der Waals surface area contributed by atoms with Crippen LogP contribution in [0, 0.1) is 0 Å². The Kier molecular flexibility index (Phi) is 6.08. The van der Waals surface area contributed by atoms with E-state index in [0.29, 0.717) is 13.2 Å². The van der Waals surface area contributed by atoms with Crippen LogP contribution in [0.2, 0.25) is 0 Å². The highest BCUT2D eigenvalue weighted by Crippen LogP contribution is 2.36. The van der Waals surface area contributed by atoms with Gasteiger partial charge in [-0.25, -0.2) is 0 Å². The highest BCUT2D eigenvalue weighted by molar-refractivity contribution is 9.10. The Hall–Kier alpha value is -1.00. The summed E-state index contributed by atoms with van der Waals surface area (Å²) in [5, 5.41) is 3.26. The van der Waals surface area contributed by atoms with E-state index in [2.05, 4.69) is 27.8 Å². The molecule has 0 saturated heterocycles. The lowest BCUT2D eigenvalue weighted by Crippen LogP contribution is -2.14. The van der Waals surface area contributed by atoms with Gasteiger partial charge in [-0.15, -0.1) is 6.58 Å². The van der Waals surface area contributed by atoms with Crippen LogP contribution in [-0.4, -0.2) is 20.3 Å². The van der Waals surface area contributed by atoms with Crippen molar-refractivity contribution in [3.05, 3.63) is 34.8 Å². The van der Waals surface area contributed by atoms with Crippen LogP contribution in [0.5, 0.6) is 11.5 Å². The first-order valence-electron chi connectivity index (χ1n) is 5.54. The zero-order valence-corrected chi connectivity index (χ0v) is 11.8. The zero-order valence-electron chi connectivity index (χ0n) is 10.3. The molecule has 0 saturated carbocycles. The van der Waals surface area contributed by atoms with Crippen LogP contribution in [0.4, 0.5) is 0 Å². The summed E-state index contributed by atoms with van der Waals surface area (Å²) in [5.41, 5.74) is 1.06. The van der Waals surface area contributed by atoms with Gasteiger partial charge in [-0.2, -0.15) is 0 Å². The van der Waals surface area contributed by atoms with E-state index >= 15 is 0 Å². The van der Waals surface area contributed by atoms with E-state index in [9.17, 15) is 0 Å². The molecule has 0 heterocycles. The molecule has 0 radical (unpaired) electrons. The van der Waals surface area contributed by atoms with Crippen molar-refractivity contribution in [3.63, 3.8) is 0 Å². The topological polar surface area (TPSA) is 30.5 Å². The van der Waals surface area contributed by atoms with Gasteiger partial charge in [0.25, 0.3) is 0 Å². The molecule has 0 aliphatic carbocycles. The van der Waals surface area contributed by atoms with Crippen molar-refractivity contribution in [1.82, 2.24) is 5.32 Å². The second-order valence-electron chi connectivity index (χ2n) is 3.41. The van der Waals surface area contributed by atoms with Gasteiger partial charge in [0, 0.05) is 23.1 Å². The molecule has 3 nitrogen and oxygen atoms in total. The Morgan fingerprint density at radius 1 is 1.47 bits per heavy atom. The summed E-state index contributed by atoms with van der Waals surface area (Å²) in [4.78, 5) is 0. The molecular weight excluding hydrogens is 282 g/mol. The number of ether oxygens (including phenoxy) is 2. The monoisotopic (exact) mass is 299 g/mol. The van der Waals surface area contributed by atoms with Gasteiger partial charge in [-0.1, -0.05) is 22.0 Å². The van der Waals surface area contributed by atoms with E-state index in [1.807, 2.05) is 25.1 Å². The van der Waals surface area contributed by atoms with E-state index in [0.717, 1.165) is 28.1 Å². The molecule has 0 aromatic heterocycles. The Bertz CT molecular complexity index is 380. The Morgan fingerprint density at radius 3 is 2.82 bits per heavy atom. The van der Waals surface area contributed by atoms with E-state index in [1.165, 1.54) is 0 Å². The molecule has 0 bridgehead atoms. The van der Waals surface area contributed by atoms with Crippen LogP contribution >= 0.6 is 15.9 Å². The second kappa shape index (κ2) is 7.35. The number of hydrogen-bond acceptors (Lipinski definition) is 3. The molecule has 94 valence electrons. The Morgan fingerprint density at radius 2 is 2.24 bits per heavy atom. The summed E-state index contributed by atoms with van der Waals surface area (Å²) >= 11 is 3.53. The Balaban J connectivity index is 3.00. The molecule has 17 heavy (non-hydrogen) atoms. The molecule has 0 amide bonds. The lowest BCUT2D eigenvalue weighted by Gasteiger charge is -2.15. The minimum Gasteiger partial charge on any atom is -0.493 e. The third kappa shape index (κ3) is 3.75. The first-order chi connectivity index (χ1) is 8.24. The van der Waals surface area contributed by atoms with E-state index in [-0.39, 0.29) is 0 Å². The van der Waals surface area contributed by atoms with E-state index in [1.54, 1.807) is 7.11 Å². The molecule has 1 rings (SSSR count). The number of rotatable bonds is 7. The molecule has 0 atom stereocenters. The van der Waals surface area contributed by atoms with Crippen molar-refractivity contribution < 1.29 is 9.47 Å². The van der Waals surface area contributed by atoms with Crippen molar-refractivity contribution in [1.29, 1.82) is 0 Å². The number of nitrogens with one attached hydrogen (secondary N) is 1. The fourth-order valence-corrected chi connectivity index (χ4v) is 1.96. The number of benzene rings is 1. The summed E-state index contributed by atoms with van der Waals surface area (Å²) in [6.07, 6.45) is 1.83. The second-order valence-corrected chi connectivity index (χ2v) is 4.26. The molecular formula is C13H18BrNO2. The molecule has 0 unspecified atom stereocenters. The summed E-state index contributed by atoms with van der Waals surface area (Å²) < 4.78 is 12.0. The first-order valence-corrected chi connectivity index (χ1v) is 6.33. The summed E-state index contributed by atoms with van der Waals surface area (Å²) in [6, 6.07) is 3.86. The minimum atomic E-state index is 0.612. The predicted octanol–water partition coefficient (Wildman–Crippen LogP) is 3.13. The van der Waals surface area contributed by atoms with Gasteiger partial charge in [0.15, 0.2) is 11.5 Å². The van der Waals surface area contributed by atoms with Gasteiger partial charge >= 0.3 is 0 Å². The van der Waals surface area contributed by atoms with Gasteiger partial charge in [0.05, 0.1) is 13.7 Å². The van der Waals surface area contributed by atoms with Crippen molar-refractivity contribution >= 4 is 15.9 Å². The number of hydrogen-bond donors (Lipinski definition) is 1. The molecule has 0 fully saturated rings. The standard InChI is InChI=1S/C13H18BrNO2/c1-4-8-15-9-10-11(14)6-7-12(16-3)13(10)17-5-2/h4,6-7,15H,1,5,8-9H2,2-3H3. The predicted molar refractivity (Wildman–Crippen MR) is 73.8 cm³/mol. The van der Waals surface area contributed by atoms with Crippen LogP contribution < -0.4 is 14.8 Å². The number of halogens is 1. The maximum Gasteiger partial charge on any atom is 0.166 e. The van der Waals surface area contributed by atoms with Gasteiger partial charge in [-0.3, -0.25) is 0 Å². The average Bonchev–Trinajstić information content (AvgIpc) is 2.33. The van der Waals surface area contributed by atoms with Crippen LogP contribution in [0.25, 0.3) is 0 Å². The molecule has 0 aliphatic rings. The normalized spacial score (nSPS) is 10.1. The molecule has 0 aliphatic heterocycles. The largest absolute Gasteiger partial charge is 0.493 e. The van der Waals surface area contributed by atoms with Gasteiger partial charge < -0.3 is 14.8 Å². The quantitative estimate of drug-likeness (QED) is 0.620. The third-order valence-corrected chi connectivity index (χ3v) is 3.01. The van der Waals surface area contributed by atoms with Crippen LogP contribution in [0.1, 0.15) is 12.5 Å². The smallest absolute Gasteiger partial charge is 0.166 e.